The molecule has 0 saturated carbocycles. The molecule has 455 valence electrons. The van der Waals surface area contributed by atoms with E-state index in [-0.39, 0.29) is 50.0 Å². The fourth-order valence-electron chi connectivity index (χ4n) is 7.07. The van der Waals surface area contributed by atoms with E-state index >= 15 is 0 Å². The topological polar surface area (TPSA) is 506 Å². The molecule has 80 heavy (non-hydrogen) atoms. The van der Waals surface area contributed by atoms with Crippen molar-refractivity contribution in [1.29, 1.82) is 5.41 Å². The first kappa shape index (κ1) is 73.3. The normalized spacial score (nSPS) is 16.8. The van der Waals surface area contributed by atoms with Crippen molar-refractivity contribution in [2.24, 2.45) is 23.3 Å². The maximum absolute atomic E-state index is 13.4. The summed E-state index contributed by atoms with van der Waals surface area (Å²) < 4.78 is 0. The van der Waals surface area contributed by atoms with Gasteiger partial charge in [0, 0.05) is 12.3 Å². The van der Waals surface area contributed by atoms with Gasteiger partial charge < -0.3 is 95.7 Å². The predicted octanol–water partition coefficient (Wildman–Crippen LogP) is -7.74. The second-order valence-electron chi connectivity index (χ2n) is 20.2. The van der Waals surface area contributed by atoms with E-state index in [4.69, 9.17) is 16.9 Å². The third kappa shape index (κ3) is 26.9. The summed E-state index contributed by atoms with van der Waals surface area (Å²) in [6, 6.07) is -17.2. The molecule has 0 heterocycles. The van der Waals surface area contributed by atoms with Crippen molar-refractivity contribution < 1.29 is 78.0 Å². The Morgan fingerprint density at radius 2 is 0.812 bits per heavy atom. The number of nitrogens with one attached hydrogen (secondary N) is 13. The highest BCUT2D eigenvalue weighted by Gasteiger charge is 2.36. The third-order valence-corrected chi connectivity index (χ3v) is 12.0. The van der Waals surface area contributed by atoms with Crippen LogP contribution in [0.4, 0.5) is 0 Å². The summed E-state index contributed by atoms with van der Waals surface area (Å²) in [4.78, 5) is 156. The third-order valence-electron chi connectivity index (χ3n) is 11.7. The molecule has 0 fully saturated rings. The molecule has 32 heteroatoms. The van der Waals surface area contributed by atoms with Gasteiger partial charge in [-0.05, 0) is 86.0 Å². The van der Waals surface area contributed by atoms with Crippen molar-refractivity contribution >= 4 is 89.9 Å². The first-order valence-electron chi connectivity index (χ1n) is 25.9. The van der Waals surface area contributed by atoms with Crippen molar-refractivity contribution in [1.82, 2.24) is 63.8 Å². The summed E-state index contributed by atoms with van der Waals surface area (Å²) in [6.07, 6.45) is -2.23. The summed E-state index contributed by atoms with van der Waals surface area (Å²) in [6.45, 7) is 14.8. The smallest absolute Gasteiger partial charge is 0.245 e. The zero-order valence-electron chi connectivity index (χ0n) is 47.1. The molecule has 0 aliphatic heterocycles. The molecule has 1 radical (unpaired) electrons. The van der Waals surface area contributed by atoms with E-state index in [1.54, 1.807) is 6.29 Å². The number of aliphatic hydroxyl groups is 4. The molecule has 0 spiro atoms. The molecule has 0 aromatic carbocycles. The van der Waals surface area contributed by atoms with Crippen LogP contribution < -0.4 is 75.3 Å². The summed E-state index contributed by atoms with van der Waals surface area (Å²) >= 11 is 4.10. The molecule has 0 aromatic heterocycles. The molecule has 15 atom stereocenters. The van der Waals surface area contributed by atoms with Crippen LogP contribution in [0.15, 0.2) is 0 Å². The Morgan fingerprint density at radius 3 is 1.20 bits per heavy atom. The molecule has 11 amide bonds. The first-order chi connectivity index (χ1) is 37.1. The van der Waals surface area contributed by atoms with E-state index in [2.05, 4.69) is 76.4 Å². The summed E-state index contributed by atoms with van der Waals surface area (Å²) in [7, 11) is 0. The minimum atomic E-state index is -1.76. The van der Waals surface area contributed by atoms with Crippen LogP contribution in [-0.4, -0.2) is 207 Å². The Labute approximate surface area is 470 Å². The minimum absolute atomic E-state index is 0.0126. The number of rotatable bonds is 36. The van der Waals surface area contributed by atoms with E-state index in [9.17, 15) is 78.0 Å². The minimum Gasteiger partial charge on any atom is -0.394 e. The highest BCUT2D eigenvalue weighted by Crippen LogP contribution is 2.08. The number of aliphatic hydroxyl groups excluding tert-OH is 4. The van der Waals surface area contributed by atoms with E-state index in [1.807, 2.05) is 27.7 Å². The molecule has 0 aliphatic rings. The Morgan fingerprint density at radius 1 is 0.475 bits per heavy atom. The average Bonchev–Trinajstić information content (AvgIpc) is 3.36. The van der Waals surface area contributed by atoms with Gasteiger partial charge in [-0.3, -0.25) is 62.9 Å². The van der Waals surface area contributed by atoms with Gasteiger partial charge in [-0.1, -0.05) is 27.7 Å². The van der Waals surface area contributed by atoms with Gasteiger partial charge in [0.05, 0.1) is 37.0 Å². The number of carbonyl (C=O) groups excluding carboxylic acids is 12. The molecule has 0 unspecified atom stereocenters. The highest BCUT2D eigenvalue weighted by molar-refractivity contribution is 7.80. The lowest BCUT2D eigenvalue weighted by Gasteiger charge is -2.27. The van der Waals surface area contributed by atoms with E-state index in [0.717, 1.165) is 20.8 Å². The quantitative estimate of drug-likeness (QED) is 0.0120. The van der Waals surface area contributed by atoms with Gasteiger partial charge in [-0.2, -0.15) is 12.6 Å². The van der Waals surface area contributed by atoms with Crippen LogP contribution in [0.25, 0.3) is 0 Å². The van der Waals surface area contributed by atoms with E-state index in [1.165, 1.54) is 27.7 Å². The standard InChI is InChI=1S/C48H86N15O16S/c1-20(2)15-29(17-64)57-42(74)31(13-12-14-52-48(50)51)58-38(70)23(6)56-45(77)34(26(9)66)61-40(72)25(8)54-44(76)33(19-80)60-47(79)36(28(11)68)62-39(71)24(7)53-37(69)22(5)55-46(78)35(27(10)67)63-43(75)32(18-65)59-41(73)30(49)16-21(3)4/h20-36,65-68,80H,12-16,18-19,49H2,1-11H3,(H,53,69)(H,54,76)(H,55,78)(H,56,77)(H,57,74)(H,58,70)(H,59,73)(H,60,79)(H,61,72)(H,62,71)(H,63,75)(H4,50,51,52)/t22-,23-,24-,25-,26+,27+,28+,29-,30-,31-,32-,33-,34-,35-,36-/m0/s1. The number of hydrogen-bond donors (Lipinski definition) is 20. The van der Waals surface area contributed by atoms with Gasteiger partial charge in [0.1, 0.15) is 60.4 Å². The lowest BCUT2D eigenvalue weighted by atomic mass is 10.0. The summed E-state index contributed by atoms with van der Waals surface area (Å²) in [5.74, 6) is -11.4. The number of carbonyl (C=O) groups is 11. The Hall–Kier alpha value is -6.74. The van der Waals surface area contributed by atoms with Crippen molar-refractivity contribution in [2.45, 2.75) is 193 Å². The van der Waals surface area contributed by atoms with Gasteiger partial charge in [0.15, 0.2) is 5.96 Å². The number of guanidine groups is 1. The second kappa shape index (κ2) is 36.5. The molecule has 0 aromatic rings. The number of hydrogen-bond acceptors (Lipinski definition) is 19. The van der Waals surface area contributed by atoms with Crippen LogP contribution >= 0.6 is 12.6 Å². The van der Waals surface area contributed by atoms with Gasteiger partial charge in [0.2, 0.25) is 71.3 Å². The molecular formula is C48H86N15O16S. The number of amides is 11. The SMILES string of the molecule is CC(C)C[C@@H]([C]=O)NC(=O)[C@H](CCCNC(=N)N)NC(=O)[C@H](C)NC(=O)[C@@H](NC(=O)[C@H](C)NC(=O)[C@H](CS)NC(=O)[C@@H](NC(=O)[C@H](C)NC(=O)[C@H](C)NC(=O)[C@@H](NC(=O)[C@H](CO)NC(=O)[C@@H](N)CC(C)C)[C@@H](C)O)[C@@H](C)O)[C@@H](C)O. The zero-order valence-corrected chi connectivity index (χ0v) is 47.9. The molecule has 21 N–H and O–H groups in total. The average molecular weight is 1160 g/mol. The highest BCUT2D eigenvalue weighted by atomic mass is 32.1. The fraction of sp³-hybridized carbons (Fsp3) is 0.729. The first-order valence-corrected chi connectivity index (χ1v) is 26.6. The maximum Gasteiger partial charge on any atom is 0.245 e. The molecule has 0 aliphatic carbocycles. The van der Waals surface area contributed by atoms with Crippen LogP contribution in [0, 0.1) is 17.2 Å². The Bertz CT molecular complexity index is 2140. The lowest BCUT2D eigenvalue weighted by molar-refractivity contribution is -0.137. The monoisotopic (exact) mass is 1160 g/mol. The zero-order chi connectivity index (χ0) is 61.9. The second-order valence-corrected chi connectivity index (χ2v) is 20.5. The van der Waals surface area contributed by atoms with E-state index < -0.39 is 168 Å². The van der Waals surface area contributed by atoms with Crippen LogP contribution in [0.5, 0.6) is 0 Å². The van der Waals surface area contributed by atoms with Crippen molar-refractivity contribution in [2.75, 3.05) is 18.9 Å². The van der Waals surface area contributed by atoms with Crippen molar-refractivity contribution in [3.8, 4) is 0 Å². The van der Waals surface area contributed by atoms with Crippen LogP contribution in [0.2, 0.25) is 0 Å². The Balaban J connectivity index is 5.72. The van der Waals surface area contributed by atoms with Crippen molar-refractivity contribution in [3.05, 3.63) is 0 Å². The predicted molar refractivity (Wildman–Crippen MR) is 292 cm³/mol. The fourth-order valence-corrected chi connectivity index (χ4v) is 7.32. The van der Waals surface area contributed by atoms with Gasteiger partial charge in [-0.15, -0.1) is 0 Å². The largest absolute Gasteiger partial charge is 0.394 e. The molecule has 31 nitrogen and oxygen atoms in total. The number of nitrogens with two attached hydrogens (primary N) is 2. The van der Waals surface area contributed by atoms with Crippen LogP contribution in [-0.2, 0) is 57.5 Å². The lowest BCUT2D eigenvalue weighted by Crippen LogP contribution is -2.62. The Kier molecular flexibility index (Phi) is 33.4. The maximum atomic E-state index is 13.4. The molecule has 0 bridgehead atoms. The van der Waals surface area contributed by atoms with Gasteiger partial charge in [0.25, 0.3) is 0 Å². The summed E-state index contributed by atoms with van der Waals surface area (Å²) in [5, 5.41) is 76.4. The van der Waals surface area contributed by atoms with Gasteiger partial charge in [-0.25, -0.2) is 0 Å². The molecular weight excluding hydrogens is 1070 g/mol. The van der Waals surface area contributed by atoms with Crippen LogP contribution in [0.1, 0.15) is 102 Å². The van der Waals surface area contributed by atoms with E-state index in [0.29, 0.717) is 0 Å². The number of thiol groups is 1. The molecule has 0 saturated heterocycles. The van der Waals surface area contributed by atoms with Crippen LogP contribution in [0.3, 0.4) is 0 Å². The summed E-state index contributed by atoms with van der Waals surface area (Å²) in [5.41, 5.74) is 11.2. The van der Waals surface area contributed by atoms with Crippen molar-refractivity contribution in [3.63, 3.8) is 0 Å². The van der Waals surface area contributed by atoms with Gasteiger partial charge >= 0.3 is 0 Å². The molecule has 0 rings (SSSR count).